The Morgan fingerprint density at radius 1 is 1.11 bits per heavy atom. The zero-order valence-electron chi connectivity index (χ0n) is 20.8. The van der Waals surface area contributed by atoms with Gasteiger partial charge in [0.25, 0.3) is 11.6 Å². The summed E-state index contributed by atoms with van der Waals surface area (Å²) in [5.41, 5.74) is 2.91. The van der Waals surface area contributed by atoms with Gasteiger partial charge in [-0.2, -0.15) is 10.2 Å². The first-order chi connectivity index (χ1) is 18.4. The number of hydrogen-bond acceptors (Lipinski definition) is 8. The molecule has 5 aromatic rings. The van der Waals surface area contributed by atoms with Gasteiger partial charge in [0, 0.05) is 36.6 Å². The molecule has 0 spiro atoms. The van der Waals surface area contributed by atoms with Gasteiger partial charge in [0.1, 0.15) is 22.8 Å². The van der Waals surface area contributed by atoms with Crippen molar-refractivity contribution in [3.05, 3.63) is 88.5 Å². The van der Waals surface area contributed by atoms with Crippen LogP contribution in [0.1, 0.15) is 23.0 Å². The van der Waals surface area contributed by atoms with Gasteiger partial charge in [-0.3, -0.25) is 19.6 Å². The van der Waals surface area contributed by atoms with Crippen molar-refractivity contribution < 1.29 is 19.2 Å². The first-order valence-electron chi connectivity index (χ1n) is 11.7. The van der Waals surface area contributed by atoms with Crippen molar-refractivity contribution in [1.82, 2.24) is 24.4 Å². The minimum Gasteiger partial charge on any atom is -0.497 e. The molecular weight excluding hydrogens is 490 g/mol. The molecule has 2 aromatic carbocycles. The van der Waals surface area contributed by atoms with Crippen LogP contribution in [0.2, 0.25) is 0 Å². The normalized spacial score (nSPS) is 10.9. The summed E-state index contributed by atoms with van der Waals surface area (Å²) in [4.78, 5) is 28.6. The van der Waals surface area contributed by atoms with Crippen LogP contribution in [0.3, 0.4) is 0 Å². The number of ether oxygens (including phenoxy) is 2. The van der Waals surface area contributed by atoms with E-state index in [4.69, 9.17) is 9.47 Å². The number of anilines is 1. The molecule has 0 bridgehead atoms. The maximum absolute atomic E-state index is 13.2. The highest BCUT2D eigenvalue weighted by molar-refractivity contribution is 6.08. The zero-order valence-corrected chi connectivity index (χ0v) is 20.8. The summed E-state index contributed by atoms with van der Waals surface area (Å²) in [6.45, 7) is 4.62. The predicted octanol–water partition coefficient (Wildman–Crippen LogP) is 4.88. The Morgan fingerprint density at radius 2 is 1.87 bits per heavy atom. The van der Waals surface area contributed by atoms with Crippen LogP contribution in [-0.4, -0.2) is 42.3 Å². The Balaban J connectivity index is 1.45. The third-order valence-corrected chi connectivity index (χ3v) is 5.85. The van der Waals surface area contributed by atoms with Gasteiger partial charge in [-0.1, -0.05) is 0 Å². The van der Waals surface area contributed by atoms with E-state index >= 15 is 0 Å². The average Bonchev–Trinajstić information content (AvgIpc) is 3.52. The van der Waals surface area contributed by atoms with Gasteiger partial charge in [0.15, 0.2) is 5.65 Å². The first-order valence-corrected chi connectivity index (χ1v) is 11.7. The van der Waals surface area contributed by atoms with Crippen LogP contribution in [0.4, 0.5) is 11.4 Å². The molecule has 12 nitrogen and oxygen atoms in total. The number of nitrogens with one attached hydrogen (secondary N) is 1. The molecule has 0 radical (unpaired) electrons. The molecule has 0 aliphatic rings. The number of nitro groups is 1. The molecule has 1 N–H and O–H groups in total. The number of amides is 1. The number of nitro benzene ring substituents is 1. The maximum Gasteiger partial charge on any atom is 0.275 e. The molecule has 0 atom stereocenters. The summed E-state index contributed by atoms with van der Waals surface area (Å²) in [5, 5.41) is 23.1. The lowest BCUT2D eigenvalue weighted by molar-refractivity contribution is -0.384. The second-order valence-electron chi connectivity index (χ2n) is 8.31. The summed E-state index contributed by atoms with van der Waals surface area (Å²) >= 11 is 0. The predicted molar refractivity (Wildman–Crippen MR) is 139 cm³/mol. The van der Waals surface area contributed by atoms with Crippen LogP contribution in [0.15, 0.2) is 67.1 Å². The van der Waals surface area contributed by atoms with Gasteiger partial charge < -0.3 is 14.8 Å². The number of carbonyl (C=O) groups is 1. The molecule has 0 unspecified atom stereocenters. The van der Waals surface area contributed by atoms with E-state index in [0.717, 1.165) is 23.5 Å². The molecule has 3 heterocycles. The lowest BCUT2D eigenvalue weighted by atomic mass is 10.2. The van der Waals surface area contributed by atoms with Crippen molar-refractivity contribution >= 4 is 22.9 Å². The molecule has 0 saturated carbocycles. The topological polar surface area (TPSA) is 139 Å². The van der Waals surface area contributed by atoms with Gasteiger partial charge in [0.05, 0.1) is 41.4 Å². The number of rotatable bonds is 8. The number of benzene rings is 2. The Morgan fingerprint density at radius 3 is 2.55 bits per heavy atom. The Kier molecular flexibility index (Phi) is 6.44. The number of fused-ring (bicyclic) bond motifs is 1. The van der Waals surface area contributed by atoms with Gasteiger partial charge in [-0.05, 0) is 44.2 Å². The minimum absolute atomic E-state index is 0.184. The highest BCUT2D eigenvalue weighted by atomic mass is 16.6. The lowest BCUT2D eigenvalue weighted by Gasteiger charge is -2.10. The Labute approximate surface area is 216 Å². The van der Waals surface area contributed by atoms with Crippen LogP contribution >= 0.6 is 0 Å². The molecule has 12 heteroatoms. The Bertz CT molecular complexity index is 1660. The Hall–Kier alpha value is -5.26. The second-order valence-corrected chi connectivity index (χ2v) is 8.31. The van der Waals surface area contributed by atoms with Gasteiger partial charge in [-0.15, -0.1) is 0 Å². The van der Waals surface area contributed by atoms with Gasteiger partial charge >= 0.3 is 0 Å². The van der Waals surface area contributed by atoms with Crippen molar-refractivity contribution in [2.75, 3.05) is 12.4 Å². The lowest BCUT2D eigenvalue weighted by Crippen LogP contribution is -2.12. The average molecular weight is 514 g/mol. The summed E-state index contributed by atoms with van der Waals surface area (Å²) in [6, 6.07) is 12.6. The molecule has 38 heavy (non-hydrogen) atoms. The summed E-state index contributed by atoms with van der Waals surface area (Å²) in [6.07, 6.45) is 4.92. The van der Waals surface area contributed by atoms with E-state index in [-0.39, 0.29) is 22.7 Å². The van der Waals surface area contributed by atoms with Crippen molar-refractivity contribution in [3.8, 4) is 28.5 Å². The minimum atomic E-state index is -0.557. The van der Waals surface area contributed by atoms with Crippen molar-refractivity contribution in [2.45, 2.75) is 20.4 Å². The van der Waals surface area contributed by atoms with Crippen LogP contribution in [-0.2, 0) is 6.54 Å². The largest absolute Gasteiger partial charge is 0.497 e. The number of nitrogens with zero attached hydrogens (tertiary/aromatic N) is 6. The van der Waals surface area contributed by atoms with Crippen LogP contribution in [0, 0.1) is 17.0 Å². The van der Waals surface area contributed by atoms with Crippen LogP contribution in [0.5, 0.6) is 17.2 Å². The first kappa shape index (κ1) is 24.4. The number of carbonyl (C=O) groups excluding carboxylic acids is 1. The third kappa shape index (κ3) is 4.74. The number of aromatic nitrogens is 5. The summed E-state index contributed by atoms with van der Waals surface area (Å²) < 4.78 is 14.3. The smallest absolute Gasteiger partial charge is 0.275 e. The highest BCUT2D eigenvalue weighted by Crippen LogP contribution is 2.31. The number of methoxy groups -OCH3 is 1. The van der Waals surface area contributed by atoms with Crippen LogP contribution in [0.25, 0.3) is 16.9 Å². The number of non-ortho nitro benzene ring substituents is 1. The molecule has 5 rings (SSSR count). The number of aryl methyl sites for hydroxylation is 2. The van der Waals surface area contributed by atoms with Crippen molar-refractivity contribution in [3.63, 3.8) is 0 Å². The van der Waals surface area contributed by atoms with Crippen molar-refractivity contribution in [1.29, 1.82) is 0 Å². The van der Waals surface area contributed by atoms with E-state index < -0.39 is 10.8 Å². The van der Waals surface area contributed by atoms with Gasteiger partial charge in [0.2, 0.25) is 0 Å². The van der Waals surface area contributed by atoms with E-state index in [1.54, 1.807) is 48.2 Å². The quantitative estimate of drug-likeness (QED) is 0.229. The molecule has 192 valence electrons. The molecular formula is C26H23N7O5. The van der Waals surface area contributed by atoms with E-state index in [9.17, 15) is 14.9 Å². The van der Waals surface area contributed by atoms with Gasteiger partial charge in [-0.25, -0.2) is 9.50 Å². The maximum atomic E-state index is 13.2. The zero-order chi connectivity index (χ0) is 26.8. The molecule has 0 fully saturated rings. The number of hydrogen-bond donors (Lipinski definition) is 1. The van der Waals surface area contributed by atoms with E-state index in [1.807, 2.05) is 24.7 Å². The van der Waals surface area contributed by atoms with E-state index in [1.165, 1.54) is 24.4 Å². The standard InChI is InChI=1S/C26H23N7O5/c1-4-31-15-23(16(2)30-31)24-9-10-27-25-22(14-28-32(24)25)26(34)29-17-11-18(33(35)36)13-21(12-17)38-20-7-5-19(37-3)6-8-20/h5-15H,4H2,1-3H3,(H,29,34). The fraction of sp³-hybridized carbons (Fsp3) is 0.154. The summed E-state index contributed by atoms with van der Waals surface area (Å²) in [5.74, 6) is 0.748. The molecule has 3 aromatic heterocycles. The van der Waals surface area contributed by atoms with E-state index in [2.05, 4.69) is 20.5 Å². The SMILES string of the molecule is CCn1cc(-c2ccnc3c(C(=O)Nc4cc(Oc5ccc(OC)cc5)cc([N+](=O)[O-])c4)cnn23)c(C)n1. The fourth-order valence-electron chi connectivity index (χ4n) is 3.99. The van der Waals surface area contributed by atoms with E-state index in [0.29, 0.717) is 17.1 Å². The third-order valence-electron chi connectivity index (χ3n) is 5.85. The molecule has 0 aliphatic carbocycles. The van der Waals surface area contributed by atoms with Crippen LogP contribution < -0.4 is 14.8 Å². The summed E-state index contributed by atoms with van der Waals surface area (Å²) in [7, 11) is 1.55. The fourth-order valence-corrected chi connectivity index (χ4v) is 3.99. The molecule has 0 aliphatic heterocycles. The highest BCUT2D eigenvalue weighted by Gasteiger charge is 2.20. The molecule has 1 amide bonds. The monoisotopic (exact) mass is 513 g/mol. The van der Waals surface area contributed by atoms with Crippen molar-refractivity contribution in [2.24, 2.45) is 0 Å². The second kappa shape index (κ2) is 10.0. The molecule has 0 saturated heterocycles.